The Morgan fingerprint density at radius 2 is 1.67 bits per heavy atom. The van der Waals surface area contributed by atoms with E-state index < -0.39 is 0 Å². The van der Waals surface area contributed by atoms with Gasteiger partial charge in [-0.15, -0.1) is 0 Å². The van der Waals surface area contributed by atoms with E-state index in [4.69, 9.17) is 9.47 Å². The zero-order valence-electron chi connectivity index (χ0n) is 16.4. The fourth-order valence-electron chi connectivity index (χ4n) is 3.80. The maximum Gasteiger partial charge on any atom is 0.275 e. The van der Waals surface area contributed by atoms with Crippen LogP contribution in [-0.2, 0) is 0 Å². The summed E-state index contributed by atoms with van der Waals surface area (Å²) in [5.74, 6) is 0.677. The maximum atomic E-state index is 13.3. The quantitative estimate of drug-likeness (QED) is 0.671. The standard InChI is InChI=1S/C22H20N4O4/c1-15-18(13-23-26(15)17-6-3-2-4-7-17)22(28)25-11-5-10-24(25)21(27)16-8-9-19-20(12-16)30-14-29-19/h2-4,6-9,12-13H,5,10-11,14H2,1H3. The molecule has 2 amide bonds. The van der Waals surface area contributed by atoms with Crippen molar-refractivity contribution in [3.05, 3.63) is 71.5 Å². The van der Waals surface area contributed by atoms with Gasteiger partial charge < -0.3 is 9.47 Å². The molecule has 2 aromatic carbocycles. The minimum atomic E-state index is -0.243. The third-order valence-electron chi connectivity index (χ3n) is 5.36. The Labute approximate surface area is 173 Å². The third kappa shape index (κ3) is 2.97. The topological polar surface area (TPSA) is 76.9 Å². The zero-order chi connectivity index (χ0) is 20.7. The van der Waals surface area contributed by atoms with Gasteiger partial charge in [0.2, 0.25) is 6.79 Å². The number of rotatable bonds is 3. The fraction of sp³-hybridized carbons (Fsp3) is 0.227. The number of ether oxygens (including phenoxy) is 2. The highest BCUT2D eigenvalue weighted by molar-refractivity contribution is 6.00. The lowest BCUT2D eigenvalue weighted by atomic mass is 10.2. The van der Waals surface area contributed by atoms with Crippen LogP contribution in [-0.4, -0.2) is 51.5 Å². The number of para-hydroxylation sites is 1. The Kier molecular flexibility index (Phi) is 4.39. The Morgan fingerprint density at radius 3 is 2.47 bits per heavy atom. The lowest BCUT2D eigenvalue weighted by molar-refractivity contribution is 0.0185. The van der Waals surface area contributed by atoms with Crippen molar-refractivity contribution < 1.29 is 19.1 Å². The minimum absolute atomic E-state index is 0.145. The summed E-state index contributed by atoms with van der Waals surface area (Å²) in [6.07, 6.45) is 2.28. The van der Waals surface area contributed by atoms with E-state index >= 15 is 0 Å². The number of carbonyl (C=O) groups is 2. The summed E-state index contributed by atoms with van der Waals surface area (Å²) >= 11 is 0. The first kappa shape index (κ1) is 18.2. The molecule has 0 unspecified atom stereocenters. The van der Waals surface area contributed by atoms with Crippen molar-refractivity contribution in [1.29, 1.82) is 0 Å². The number of aromatic nitrogens is 2. The molecule has 3 aromatic rings. The Bertz CT molecular complexity index is 1130. The summed E-state index contributed by atoms with van der Waals surface area (Å²) in [5.41, 5.74) is 2.54. The predicted octanol–water partition coefficient (Wildman–Crippen LogP) is 2.81. The highest BCUT2D eigenvalue weighted by Crippen LogP contribution is 2.33. The fourth-order valence-corrected chi connectivity index (χ4v) is 3.80. The van der Waals surface area contributed by atoms with Crippen molar-refractivity contribution in [3.8, 4) is 17.2 Å². The van der Waals surface area contributed by atoms with Crippen molar-refractivity contribution in [3.63, 3.8) is 0 Å². The summed E-state index contributed by atoms with van der Waals surface area (Å²) in [6, 6.07) is 14.7. The van der Waals surface area contributed by atoms with Crippen LogP contribution in [0.15, 0.2) is 54.7 Å². The van der Waals surface area contributed by atoms with Gasteiger partial charge in [0.25, 0.3) is 11.8 Å². The molecule has 30 heavy (non-hydrogen) atoms. The number of hydrogen-bond donors (Lipinski definition) is 0. The summed E-state index contributed by atoms with van der Waals surface area (Å²) in [6.45, 7) is 2.95. The van der Waals surface area contributed by atoms with E-state index in [0.717, 1.165) is 11.4 Å². The van der Waals surface area contributed by atoms with Crippen molar-refractivity contribution in [2.45, 2.75) is 13.3 Å². The van der Waals surface area contributed by atoms with Gasteiger partial charge in [0, 0.05) is 18.7 Å². The first-order chi connectivity index (χ1) is 14.6. The van der Waals surface area contributed by atoms with Gasteiger partial charge in [-0.1, -0.05) is 18.2 Å². The molecule has 2 aliphatic heterocycles. The lowest BCUT2D eigenvalue weighted by Crippen LogP contribution is -2.45. The summed E-state index contributed by atoms with van der Waals surface area (Å²) in [7, 11) is 0. The molecule has 2 aliphatic rings. The highest BCUT2D eigenvalue weighted by Gasteiger charge is 2.34. The van der Waals surface area contributed by atoms with Crippen molar-refractivity contribution in [2.24, 2.45) is 0 Å². The van der Waals surface area contributed by atoms with Crippen LogP contribution >= 0.6 is 0 Å². The first-order valence-corrected chi connectivity index (χ1v) is 9.77. The van der Waals surface area contributed by atoms with Crippen LogP contribution in [0.25, 0.3) is 5.69 Å². The molecule has 0 spiro atoms. The van der Waals surface area contributed by atoms with E-state index in [-0.39, 0.29) is 18.6 Å². The van der Waals surface area contributed by atoms with Gasteiger partial charge in [0.1, 0.15) is 0 Å². The average Bonchev–Trinajstić information content (AvgIpc) is 3.52. The molecule has 3 heterocycles. The minimum Gasteiger partial charge on any atom is -0.454 e. The molecule has 1 saturated heterocycles. The molecule has 1 aromatic heterocycles. The molecular weight excluding hydrogens is 384 g/mol. The molecule has 0 aliphatic carbocycles. The van der Waals surface area contributed by atoms with Crippen LogP contribution < -0.4 is 9.47 Å². The van der Waals surface area contributed by atoms with E-state index in [1.165, 1.54) is 10.0 Å². The summed E-state index contributed by atoms with van der Waals surface area (Å²) in [4.78, 5) is 26.4. The molecule has 0 saturated carbocycles. The molecule has 0 atom stereocenters. The van der Waals surface area contributed by atoms with Crippen LogP contribution in [0, 0.1) is 6.92 Å². The van der Waals surface area contributed by atoms with E-state index in [1.807, 2.05) is 37.3 Å². The number of carbonyl (C=O) groups excluding carboxylic acids is 2. The van der Waals surface area contributed by atoms with E-state index in [2.05, 4.69) is 5.10 Å². The van der Waals surface area contributed by atoms with Gasteiger partial charge in [-0.05, 0) is 43.7 Å². The molecule has 5 rings (SSSR count). The molecule has 0 N–H and O–H groups in total. The van der Waals surface area contributed by atoms with E-state index in [9.17, 15) is 9.59 Å². The van der Waals surface area contributed by atoms with Gasteiger partial charge in [-0.25, -0.2) is 14.7 Å². The van der Waals surface area contributed by atoms with Crippen LogP contribution in [0.5, 0.6) is 11.5 Å². The number of nitrogens with zero attached hydrogens (tertiary/aromatic N) is 4. The number of benzene rings is 2. The monoisotopic (exact) mass is 404 g/mol. The largest absolute Gasteiger partial charge is 0.454 e. The Morgan fingerprint density at radius 1 is 0.933 bits per heavy atom. The molecule has 8 heteroatoms. The summed E-state index contributed by atoms with van der Waals surface area (Å²) in [5, 5.41) is 7.39. The van der Waals surface area contributed by atoms with Crippen LogP contribution in [0.2, 0.25) is 0 Å². The van der Waals surface area contributed by atoms with E-state index in [1.54, 1.807) is 29.1 Å². The third-order valence-corrected chi connectivity index (χ3v) is 5.36. The average molecular weight is 404 g/mol. The number of amides is 2. The SMILES string of the molecule is Cc1c(C(=O)N2CCCN2C(=O)c2ccc3c(c2)OCO3)cnn1-c1ccccc1. The molecule has 0 radical (unpaired) electrons. The Balaban J connectivity index is 1.41. The second-order valence-electron chi connectivity index (χ2n) is 7.17. The molecule has 8 nitrogen and oxygen atoms in total. The normalized spacial score (nSPS) is 15.0. The van der Waals surface area contributed by atoms with Crippen LogP contribution in [0.4, 0.5) is 0 Å². The molecule has 1 fully saturated rings. The Hall–Kier alpha value is -3.81. The number of hydrazine groups is 1. The van der Waals surface area contributed by atoms with Crippen molar-refractivity contribution >= 4 is 11.8 Å². The second-order valence-corrected chi connectivity index (χ2v) is 7.17. The van der Waals surface area contributed by atoms with Crippen molar-refractivity contribution in [1.82, 2.24) is 19.8 Å². The first-order valence-electron chi connectivity index (χ1n) is 9.77. The predicted molar refractivity (Wildman–Crippen MR) is 108 cm³/mol. The van der Waals surface area contributed by atoms with E-state index in [0.29, 0.717) is 42.1 Å². The van der Waals surface area contributed by atoms with Crippen LogP contribution in [0.1, 0.15) is 32.8 Å². The number of hydrogen-bond acceptors (Lipinski definition) is 5. The van der Waals surface area contributed by atoms with Gasteiger partial charge in [0.15, 0.2) is 11.5 Å². The lowest BCUT2D eigenvalue weighted by Gasteiger charge is -2.28. The zero-order valence-corrected chi connectivity index (χ0v) is 16.4. The van der Waals surface area contributed by atoms with Gasteiger partial charge in [0.05, 0.1) is 23.1 Å². The molecular formula is C22H20N4O4. The second kappa shape index (κ2) is 7.22. The van der Waals surface area contributed by atoms with Crippen molar-refractivity contribution in [2.75, 3.05) is 19.9 Å². The maximum absolute atomic E-state index is 13.3. The smallest absolute Gasteiger partial charge is 0.275 e. The van der Waals surface area contributed by atoms with Crippen LogP contribution in [0.3, 0.4) is 0 Å². The van der Waals surface area contributed by atoms with Gasteiger partial charge in [-0.2, -0.15) is 5.10 Å². The molecule has 152 valence electrons. The van der Waals surface area contributed by atoms with Gasteiger partial charge >= 0.3 is 0 Å². The highest BCUT2D eigenvalue weighted by atomic mass is 16.7. The summed E-state index contributed by atoms with van der Waals surface area (Å²) < 4.78 is 12.4. The number of fused-ring (bicyclic) bond motifs is 1. The van der Waals surface area contributed by atoms with Gasteiger partial charge in [-0.3, -0.25) is 9.59 Å². The molecule has 0 bridgehead atoms.